The maximum Gasteiger partial charge on any atom is 0.225 e. The summed E-state index contributed by atoms with van der Waals surface area (Å²) in [5, 5.41) is 10.6. The van der Waals surface area contributed by atoms with E-state index in [0.29, 0.717) is 6.04 Å². The number of fused-ring (bicyclic) bond motifs is 1. The summed E-state index contributed by atoms with van der Waals surface area (Å²) in [4.78, 5) is 18.5. The average molecular weight is 560 g/mol. The molecule has 0 unspecified atom stereocenters. The maximum absolute atomic E-state index is 4.83. The molecule has 1 aliphatic rings. The molecule has 0 spiro atoms. The lowest BCUT2D eigenvalue weighted by Crippen LogP contribution is -2.31. The van der Waals surface area contributed by atoms with Crippen molar-refractivity contribution in [3.63, 3.8) is 0 Å². The zero-order chi connectivity index (χ0) is 25.9. The zero-order valence-corrected chi connectivity index (χ0v) is 24.3. The van der Waals surface area contributed by atoms with Crippen molar-refractivity contribution in [3.8, 4) is 19.5 Å². The lowest BCUT2D eigenvalue weighted by molar-refractivity contribution is 0.324. The van der Waals surface area contributed by atoms with E-state index in [1.165, 1.54) is 37.2 Å². The molecule has 4 aromatic heterocycles. The molecule has 8 heteroatoms. The van der Waals surface area contributed by atoms with Gasteiger partial charge in [-0.15, -0.1) is 34.0 Å². The Kier molecular flexibility index (Phi) is 7.74. The summed E-state index contributed by atoms with van der Waals surface area (Å²) in [6, 6.07) is 22.1. The van der Waals surface area contributed by atoms with Gasteiger partial charge in [-0.25, -0.2) is 4.98 Å². The van der Waals surface area contributed by atoms with E-state index in [1.807, 2.05) is 60.2 Å². The fourth-order valence-electron chi connectivity index (χ4n) is 5.19. The fraction of sp³-hybridized carbons (Fsp3) is 0.333. The molecule has 0 aliphatic heterocycles. The van der Waals surface area contributed by atoms with Crippen molar-refractivity contribution >= 4 is 56.7 Å². The van der Waals surface area contributed by atoms with Crippen LogP contribution in [0.25, 0.3) is 30.4 Å². The molecular weight excluding hydrogens is 527 g/mol. The molecule has 0 radical (unpaired) electrons. The van der Waals surface area contributed by atoms with Gasteiger partial charge in [0.15, 0.2) is 0 Å². The number of thiophene rings is 3. The number of nitrogens with zero attached hydrogens (tertiary/aromatic N) is 3. The number of aromatic nitrogens is 2. The predicted molar refractivity (Wildman–Crippen MR) is 166 cm³/mol. The van der Waals surface area contributed by atoms with Crippen LogP contribution in [0.5, 0.6) is 0 Å². The monoisotopic (exact) mass is 559 g/mol. The molecule has 1 aromatic carbocycles. The third kappa shape index (κ3) is 5.78. The molecule has 6 rings (SSSR count). The third-order valence-corrected chi connectivity index (χ3v) is 10.6. The van der Waals surface area contributed by atoms with Crippen LogP contribution in [-0.2, 0) is 6.54 Å². The molecule has 1 aliphatic carbocycles. The van der Waals surface area contributed by atoms with Crippen LogP contribution in [-0.4, -0.2) is 36.6 Å². The van der Waals surface area contributed by atoms with Gasteiger partial charge in [0.2, 0.25) is 5.95 Å². The van der Waals surface area contributed by atoms with Crippen molar-refractivity contribution in [1.82, 2.24) is 15.3 Å². The number of hydrogen-bond acceptors (Lipinski definition) is 8. The lowest BCUT2D eigenvalue weighted by Gasteiger charge is -2.29. The summed E-state index contributed by atoms with van der Waals surface area (Å²) in [6.07, 6.45) is 4.78. The van der Waals surface area contributed by atoms with E-state index in [9.17, 15) is 0 Å². The molecule has 196 valence electrons. The SMILES string of the molecule is CN(C)c1nc(NC2CCC(CNCc3ccc(-c4ccc(-c5cccs5)s4)s3)CC2)nc2ccccc12. The van der Waals surface area contributed by atoms with Gasteiger partial charge in [-0.3, -0.25) is 0 Å². The van der Waals surface area contributed by atoms with Crippen LogP contribution >= 0.6 is 34.0 Å². The van der Waals surface area contributed by atoms with Crippen molar-refractivity contribution in [3.05, 3.63) is 70.9 Å². The van der Waals surface area contributed by atoms with E-state index in [0.717, 1.165) is 54.5 Å². The van der Waals surface area contributed by atoms with E-state index >= 15 is 0 Å². The maximum atomic E-state index is 4.83. The van der Waals surface area contributed by atoms with Crippen molar-refractivity contribution < 1.29 is 0 Å². The first-order chi connectivity index (χ1) is 18.6. The van der Waals surface area contributed by atoms with Crippen molar-refractivity contribution in [2.75, 3.05) is 30.9 Å². The summed E-state index contributed by atoms with van der Waals surface area (Å²) in [5.41, 5.74) is 0.991. The van der Waals surface area contributed by atoms with E-state index in [-0.39, 0.29) is 0 Å². The Labute approximate surface area is 236 Å². The molecule has 5 nitrogen and oxygen atoms in total. The normalized spacial score (nSPS) is 17.6. The van der Waals surface area contributed by atoms with Gasteiger partial charge in [-0.2, -0.15) is 4.98 Å². The van der Waals surface area contributed by atoms with Crippen molar-refractivity contribution in [2.45, 2.75) is 38.3 Å². The van der Waals surface area contributed by atoms with Gasteiger partial charge in [0.1, 0.15) is 5.82 Å². The van der Waals surface area contributed by atoms with Crippen LogP contribution in [0, 0.1) is 5.92 Å². The highest BCUT2D eigenvalue weighted by Gasteiger charge is 2.22. The number of para-hydroxylation sites is 1. The molecule has 1 saturated carbocycles. The highest BCUT2D eigenvalue weighted by molar-refractivity contribution is 7.26. The summed E-state index contributed by atoms with van der Waals surface area (Å²) in [5.74, 6) is 2.44. The Morgan fingerprint density at radius 2 is 1.58 bits per heavy atom. The number of anilines is 2. The van der Waals surface area contributed by atoms with Crippen LogP contribution < -0.4 is 15.5 Å². The number of rotatable bonds is 9. The highest BCUT2D eigenvalue weighted by Crippen LogP contribution is 2.39. The minimum Gasteiger partial charge on any atom is -0.362 e. The summed E-state index contributed by atoms with van der Waals surface area (Å²) in [6.45, 7) is 2.03. The van der Waals surface area contributed by atoms with Gasteiger partial charge >= 0.3 is 0 Å². The van der Waals surface area contributed by atoms with Crippen LogP contribution in [0.1, 0.15) is 30.6 Å². The van der Waals surface area contributed by atoms with Gasteiger partial charge < -0.3 is 15.5 Å². The van der Waals surface area contributed by atoms with Crippen molar-refractivity contribution in [2.24, 2.45) is 5.92 Å². The van der Waals surface area contributed by atoms with E-state index in [1.54, 1.807) is 0 Å². The number of hydrogen-bond donors (Lipinski definition) is 2. The van der Waals surface area contributed by atoms with Crippen LogP contribution in [0.15, 0.2) is 66.0 Å². The Balaban J connectivity index is 0.977. The van der Waals surface area contributed by atoms with E-state index in [2.05, 4.69) is 69.4 Å². The minimum absolute atomic E-state index is 0.437. The van der Waals surface area contributed by atoms with Gasteiger partial charge in [-0.05, 0) is 86.0 Å². The van der Waals surface area contributed by atoms with E-state index in [4.69, 9.17) is 9.97 Å². The molecule has 0 bridgehead atoms. The number of nitrogens with one attached hydrogen (secondary N) is 2. The van der Waals surface area contributed by atoms with Gasteiger partial charge in [0, 0.05) is 56.5 Å². The second-order valence-corrected chi connectivity index (χ2v) is 13.4. The first-order valence-corrected chi connectivity index (χ1v) is 15.8. The second-order valence-electron chi connectivity index (χ2n) is 10.2. The van der Waals surface area contributed by atoms with Gasteiger partial charge in [0.25, 0.3) is 0 Å². The zero-order valence-electron chi connectivity index (χ0n) is 21.8. The Bertz CT molecular complexity index is 1480. The molecule has 4 heterocycles. The Morgan fingerprint density at radius 1 is 0.816 bits per heavy atom. The van der Waals surface area contributed by atoms with Gasteiger partial charge in [-0.1, -0.05) is 18.2 Å². The third-order valence-electron chi connectivity index (χ3n) is 7.19. The fourth-order valence-corrected chi connectivity index (χ4v) is 8.09. The largest absolute Gasteiger partial charge is 0.362 e. The molecule has 0 amide bonds. The molecule has 5 aromatic rings. The molecule has 0 atom stereocenters. The predicted octanol–water partition coefficient (Wildman–Crippen LogP) is 7.97. The van der Waals surface area contributed by atoms with Crippen LogP contribution in [0.4, 0.5) is 11.8 Å². The average Bonchev–Trinajstić information content (AvgIpc) is 3.71. The first kappa shape index (κ1) is 25.5. The first-order valence-electron chi connectivity index (χ1n) is 13.3. The van der Waals surface area contributed by atoms with Crippen molar-refractivity contribution in [1.29, 1.82) is 0 Å². The molecule has 0 saturated heterocycles. The Morgan fingerprint density at radius 3 is 2.37 bits per heavy atom. The smallest absolute Gasteiger partial charge is 0.225 e. The standard InChI is InChI=1S/C30H33N5S3/c1-35(2)29-23-6-3-4-7-24(23)33-30(34-29)32-21-11-9-20(10-12-21)18-31-19-22-13-14-27(37-22)28-16-15-26(38-28)25-8-5-17-36-25/h3-8,13-17,20-21,31H,9-12,18-19H2,1-2H3,(H,32,33,34). The summed E-state index contributed by atoms with van der Waals surface area (Å²) in [7, 11) is 4.08. The molecule has 1 fully saturated rings. The van der Waals surface area contributed by atoms with E-state index < -0.39 is 0 Å². The quantitative estimate of drug-likeness (QED) is 0.192. The van der Waals surface area contributed by atoms with Crippen LogP contribution in [0.2, 0.25) is 0 Å². The molecule has 2 N–H and O–H groups in total. The second kappa shape index (κ2) is 11.5. The van der Waals surface area contributed by atoms with Gasteiger partial charge in [0.05, 0.1) is 5.52 Å². The summed E-state index contributed by atoms with van der Waals surface area (Å²) >= 11 is 5.61. The number of benzene rings is 1. The lowest BCUT2D eigenvalue weighted by atomic mass is 9.86. The van der Waals surface area contributed by atoms with Crippen LogP contribution in [0.3, 0.4) is 0 Å². The Hall–Kier alpha value is -2.78. The molecule has 38 heavy (non-hydrogen) atoms. The topological polar surface area (TPSA) is 53.1 Å². The summed E-state index contributed by atoms with van der Waals surface area (Å²) < 4.78 is 0. The molecular formula is C30H33N5S3. The highest BCUT2D eigenvalue weighted by atomic mass is 32.1. The minimum atomic E-state index is 0.437.